The highest BCUT2D eigenvalue weighted by Crippen LogP contribution is 2.34. The maximum atomic E-state index is 13.9. The molecule has 0 aliphatic rings. The fourth-order valence-electron chi connectivity index (χ4n) is 1.93. The van der Waals surface area contributed by atoms with Gasteiger partial charge in [-0.05, 0) is 23.6 Å². The van der Waals surface area contributed by atoms with E-state index in [1.807, 2.05) is 30.3 Å². The first-order valence-corrected chi connectivity index (χ1v) is 7.35. The molecule has 0 fully saturated rings. The number of halogens is 2. The zero-order chi connectivity index (χ0) is 13.8. The minimum Gasteiger partial charge on any atom is -0.454 e. The SMILES string of the molecule is CC(C)c1ccccc1Oc1c(F)cccc1CBr. The van der Waals surface area contributed by atoms with Gasteiger partial charge in [-0.15, -0.1) is 0 Å². The fourth-order valence-corrected chi connectivity index (χ4v) is 2.37. The van der Waals surface area contributed by atoms with E-state index in [0.717, 1.165) is 11.1 Å². The van der Waals surface area contributed by atoms with Gasteiger partial charge in [0.05, 0.1) is 0 Å². The second-order valence-corrected chi connectivity index (χ2v) is 5.22. The molecule has 0 saturated carbocycles. The van der Waals surface area contributed by atoms with Gasteiger partial charge in [-0.1, -0.05) is 60.1 Å². The van der Waals surface area contributed by atoms with Crippen molar-refractivity contribution in [3.63, 3.8) is 0 Å². The number of hydrogen-bond acceptors (Lipinski definition) is 1. The van der Waals surface area contributed by atoms with Gasteiger partial charge in [0.1, 0.15) is 5.75 Å². The molecule has 0 spiro atoms. The van der Waals surface area contributed by atoms with Crippen molar-refractivity contribution in [1.82, 2.24) is 0 Å². The van der Waals surface area contributed by atoms with E-state index < -0.39 is 0 Å². The van der Waals surface area contributed by atoms with Crippen LogP contribution in [0.5, 0.6) is 11.5 Å². The lowest BCUT2D eigenvalue weighted by Gasteiger charge is -2.15. The molecule has 0 aliphatic heterocycles. The van der Waals surface area contributed by atoms with Gasteiger partial charge >= 0.3 is 0 Å². The van der Waals surface area contributed by atoms with E-state index in [9.17, 15) is 4.39 Å². The predicted octanol–water partition coefficient (Wildman–Crippen LogP) is 5.64. The molecule has 0 amide bonds. The zero-order valence-corrected chi connectivity index (χ0v) is 12.6. The van der Waals surface area contributed by atoms with Gasteiger partial charge in [-0.2, -0.15) is 0 Å². The number of alkyl halides is 1. The normalized spacial score (nSPS) is 10.8. The highest BCUT2D eigenvalue weighted by molar-refractivity contribution is 9.08. The van der Waals surface area contributed by atoms with E-state index in [1.165, 1.54) is 6.07 Å². The Morgan fingerprint density at radius 3 is 2.53 bits per heavy atom. The summed E-state index contributed by atoms with van der Waals surface area (Å²) in [7, 11) is 0. The molecule has 0 heterocycles. The second-order valence-electron chi connectivity index (χ2n) is 4.66. The number of rotatable bonds is 4. The average molecular weight is 323 g/mol. The molecule has 0 aliphatic carbocycles. The Balaban J connectivity index is 2.42. The molecule has 0 N–H and O–H groups in total. The molecule has 0 radical (unpaired) electrons. The summed E-state index contributed by atoms with van der Waals surface area (Å²) in [5, 5.41) is 0.559. The van der Waals surface area contributed by atoms with Gasteiger partial charge < -0.3 is 4.74 Å². The van der Waals surface area contributed by atoms with Crippen LogP contribution in [0.15, 0.2) is 42.5 Å². The molecule has 2 rings (SSSR count). The first-order valence-electron chi connectivity index (χ1n) is 6.23. The number of ether oxygens (including phenoxy) is 1. The first kappa shape index (κ1) is 14.1. The van der Waals surface area contributed by atoms with Crippen molar-refractivity contribution in [3.05, 3.63) is 59.4 Å². The van der Waals surface area contributed by atoms with Crippen LogP contribution in [0.25, 0.3) is 0 Å². The summed E-state index contributed by atoms with van der Waals surface area (Å²) in [5.41, 5.74) is 1.88. The smallest absolute Gasteiger partial charge is 0.167 e. The van der Waals surface area contributed by atoms with Gasteiger partial charge in [0.15, 0.2) is 11.6 Å². The summed E-state index contributed by atoms with van der Waals surface area (Å²) >= 11 is 3.36. The van der Waals surface area contributed by atoms with Crippen molar-refractivity contribution >= 4 is 15.9 Å². The predicted molar refractivity (Wildman–Crippen MR) is 79.6 cm³/mol. The number of benzene rings is 2. The van der Waals surface area contributed by atoms with Crippen LogP contribution >= 0.6 is 15.9 Å². The summed E-state index contributed by atoms with van der Waals surface area (Å²) in [6.07, 6.45) is 0. The van der Waals surface area contributed by atoms with Crippen LogP contribution in [-0.2, 0) is 5.33 Å². The third kappa shape index (κ3) is 3.16. The van der Waals surface area contributed by atoms with E-state index in [4.69, 9.17) is 4.74 Å². The van der Waals surface area contributed by atoms with Crippen LogP contribution < -0.4 is 4.74 Å². The van der Waals surface area contributed by atoms with E-state index in [2.05, 4.69) is 29.8 Å². The Kier molecular flexibility index (Phi) is 4.59. The molecular formula is C16H16BrFO. The van der Waals surface area contributed by atoms with Gasteiger partial charge in [0, 0.05) is 10.9 Å². The summed E-state index contributed by atoms with van der Waals surface area (Å²) in [4.78, 5) is 0. The zero-order valence-electron chi connectivity index (χ0n) is 11.0. The van der Waals surface area contributed by atoms with Crippen molar-refractivity contribution in [1.29, 1.82) is 0 Å². The van der Waals surface area contributed by atoms with Crippen LogP contribution in [0.3, 0.4) is 0 Å². The van der Waals surface area contributed by atoms with E-state index in [1.54, 1.807) is 6.07 Å². The third-order valence-corrected chi connectivity index (χ3v) is 3.55. The molecular weight excluding hydrogens is 307 g/mol. The molecule has 0 aromatic heterocycles. The highest BCUT2D eigenvalue weighted by atomic mass is 79.9. The lowest BCUT2D eigenvalue weighted by Crippen LogP contribution is -1.97. The molecule has 3 heteroatoms. The summed E-state index contributed by atoms with van der Waals surface area (Å²) in [6, 6.07) is 12.7. The summed E-state index contributed by atoms with van der Waals surface area (Å²) < 4.78 is 19.7. The highest BCUT2D eigenvalue weighted by Gasteiger charge is 2.13. The van der Waals surface area contributed by atoms with Crippen molar-refractivity contribution in [2.75, 3.05) is 0 Å². The van der Waals surface area contributed by atoms with E-state index in [0.29, 0.717) is 22.7 Å². The fraction of sp³-hybridized carbons (Fsp3) is 0.250. The first-order chi connectivity index (χ1) is 9.13. The maximum Gasteiger partial charge on any atom is 0.167 e. The van der Waals surface area contributed by atoms with Gasteiger partial charge in [0.2, 0.25) is 0 Å². The molecule has 2 aromatic rings. The molecule has 0 unspecified atom stereocenters. The van der Waals surface area contributed by atoms with Crippen LogP contribution in [0.4, 0.5) is 4.39 Å². The Hall–Kier alpha value is -1.35. The van der Waals surface area contributed by atoms with Crippen molar-refractivity contribution in [3.8, 4) is 11.5 Å². The number of para-hydroxylation sites is 2. The number of hydrogen-bond donors (Lipinski definition) is 0. The molecule has 2 aromatic carbocycles. The molecule has 0 atom stereocenters. The molecule has 19 heavy (non-hydrogen) atoms. The van der Waals surface area contributed by atoms with Crippen molar-refractivity contribution in [2.24, 2.45) is 0 Å². The van der Waals surface area contributed by atoms with E-state index >= 15 is 0 Å². The molecule has 1 nitrogen and oxygen atoms in total. The largest absolute Gasteiger partial charge is 0.454 e. The van der Waals surface area contributed by atoms with Gasteiger partial charge in [-0.3, -0.25) is 0 Å². The summed E-state index contributed by atoms with van der Waals surface area (Å²) in [5.74, 6) is 1.00. The van der Waals surface area contributed by atoms with Gasteiger partial charge in [0.25, 0.3) is 0 Å². The Morgan fingerprint density at radius 1 is 1.11 bits per heavy atom. The lowest BCUT2D eigenvalue weighted by atomic mass is 10.0. The van der Waals surface area contributed by atoms with Crippen LogP contribution in [-0.4, -0.2) is 0 Å². The topological polar surface area (TPSA) is 9.23 Å². The minimum absolute atomic E-state index is 0.299. The average Bonchev–Trinajstić information content (AvgIpc) is 2.41. The minimum atomic E-state index is -0.337. The summed E-state index contributed by atoms with van der Waals surface area (Å²) in [6.45, 7) is 4.18. The Morgan fingerprint density at radius 2 is 1.84 bits per heavy atom. The Bertz CT molecular complexity index is 566. The van der Waals surface area contributed by atoms with Crippen molar-refractivity contribution in [2.45, 2.75) is 25.1 Å². The molecule has 0 saturated heterocycles. The van der Waals surface area contributed by atoms with E-state index in [-0.39, 0.29) is 5.82 Å². The van der Waals surface area contributed by atoms with Crippen LogP contribution in [0.1, 0.15) is 30.9 Å². The van der Waals surface area contributed by atoms with Crippen LogP contribution in [0.2, 0.25) is 0 Å². The second kappa shape index (κ2) is 6.20. The van der Waals surface area contributed by atoms with Crippen LogP contribution in [0, 0.1) is 5.82 Å². The van der Waals surface area contributed by atoms with Crippen molar-refractivity contribution < 1.29 is 9.13 Å². The third-order valence-electron chi connectivity index (χ3n) is 2.95. The van der Waals surface area contributed by atoms with Gasteiger partial charge in [-0.25, -0.2) is 4.39 Å². The Labute approximate surface area is 121 Å². The standard InChI is InChI=1S/C16H16BrFO/c1-11(2)13-7-3-4-9-15(13)19-16-12(10-17)6-5-8-14(16)18/h3-9,11H,10H2,1-2H3. The molecule has 0 bridgehead atoms. The monoisotopic (exact) mass is 322 g/mol. The molecule has 100 valence electrons. The quantitative estimate of drug-likeness (QED) is 0.662. The maximum absolute atomic E-state index is 13.9. The lowest BCUT2D eigenvalue weighted by molar-refractivity contribution is 0.432.